The standard InChI is InChI=1S/C9H9ClFNO3/c1-15-9(14)7(12)5-2-4(10)3-6(11)8(5)13/h2-3,7,13H,12H2,1H3/t7-/m1/s1. The van der Waals surface area contributed by atoms with Crippen molar-refractivity contribution in [1.29, 1.82) is 0 Å². The molecule has 1 atom stereocenters. The zero-order chi connectivity index (χ0) is 11.6. The van der Waals surface area contributed by atoms with Crippen LogP contribution < -0.4 is 5.73 Å². The van der Waals surface area contributed by atoms with Crippen molar-refractivity contribution in [1.82, 2.24) is 0 Å². The number of phenols is 1. The fourth-order valence-corrected chi connectivity index (χ4v) is 1.29. The summed E-state index contributed by atoms with van der Waals surface area (Å²) in [5, 5.41) is 9.36. The number of methoxy groups -OCH3 is 1. The fraction of sp³-hybridized carbons (Fsp3) is 0.222. The first-order valence-corrected chi connectivity index (χ1v) is 4.36. The highest BCUT2D eigenvalue weighted by Gasteiger charge is 2.22. The summed E-state index contributed by atoms with van der Waals surface area (Å²) in [6.07, 6.45) is 0. The van der Waals surface area contributed by atoms with E-state index in [1.54, 1.807) is 0 Å². The molecular weight excluding hydrogens is 225 g/mol. The molecule has 82 valence electrons. The Balaban J connectivity index is 3.19. The highest BCUT2D eigenvalue weighted by Crippen LogP contribution is 2.29. The Morgan fingerprint density at radius 1 is 1.67 bits per heavy atom. The summed E-state index contributed by atoms with van der Waals surface area (Å²) >= 11 is 5.56. The lowest BCUT2D eigenvalue weighted by atomic mass is 10.1. The molecule has 4 nitrogen and oxygen atoms in total. The molecule has 0 aliphatic carbocycles. The third kappa shape index (κ3) is 2.37. The van der Waals surface area contributed by atoms with Crippen molar-refractivity contribution >= 4 is 17.6 Å². The van der Waals surface area contributed by atoms with E-state index in [4.69, 9.17) is 17.3 Å². The molecule has 0 saturated carbocycles. The SMILES string of the molecule is COC(=O)[C@H](N)c1cc(Cl)cc(F)c1O. The Morgan fingerprint density at radius 2 is 2.27 bits per heavy atom. The van der Waals surface area contributed by atoms with Crippen LogP contribution in [0.4, 0.5) is 4.39 Å². The molecule has 0 heterocycles. The summed E-state index contributed by atoms with van der Waals surface area (Å²) in [6, 6.07) is 0.870. The fourth-order valence-electron chi connectivity index (χ4n) is 1.08. The van der Waals surface area contributed by atoms with Crippen LogP contribution in [-0.2, 0) is 9.53 Å². The van der Waals surface area contributed by atoms with Crippen molar-refractivity contribution in [2.75, 3.05) is 7.11 Å². The Labute approximate surface area is 90.4 Å². The molecule has 1 aromatic rings. The number of ether oxygens (including phenoxy) is 1. The number of esters is 1. The van der Waals surface area contributed by atoms with Crippen LogP contribution in [0.2, 0.25) is 5.02 Å². The monoisotopic (exact) mass is 233 g/mol. The van der Waals surface area contributed by atoms with Gasteiger partial charge in [0.25, 0.3) is 0 Å². The Morgan fingerprint density at radius 3 is 2.80 bits per heavy atom. The van der Waals surface area contributed by atoms with E-state index in [0.717, 1.165) is 13.2 Å². The normalized spacial score (nSPS) is 12.3. The van der Waals surface area contributed by atoms with Crippen LogP contribution in [0.1, 0.15) is 11.6 Å². The van der Waals surface area contributed by atoms with Crippen molar-refractivity contribution in [3.63, 3.8) is 0 Å². The number of carbonyl (C=O) groups excluding carboxylic acids is 1. The van der Waals surface area contributed by atoms with Gasteiger partial charge in [-0.15, -0.1) is 0 Å². The van der Waals surface area contributed by atoms with Crippen molar-refractivity contribution in [3.8, 4) is 5.75 Å². The van der Waals surface area contributed by atoms with Gasteiger partial charge >= 0.3 is 5.97 Å². The second kappa shape index (κ2) is 4.46. The van der Waals surface area contributed by atoms with Crippen LogP contribution in [0.5, 0.6) is 5.75 Å². The van der Waals surface area contributed by atoms with Gasteiger partial charge in [0.2, 0.25) is 0 Å². The van der Waals surface area contributed by atoms with Gasteiger partial charge in [-0.3, -0.25) is 4.79 Å². The lowest BCUT2D eigenvalue weighted by Crippen LogP contribution is -2.22. The average molecular weight is 234 g/mol. The van der Waals surface area contributed by atoms with E-state index >= 15 is 0 Å². The van der Waals surface area contributed by atoms with E-state index in [-0.39, 0.29) is 10.6 Å². The van der Waals surface area contributed by atoms with Gasteiger partial charge in [0.1, 0.15) is 6.04 Å². The number of carbonyl (C=O) groups is 1. The van der Waals surface area contributed by atoms with Gasteiger partial charge in [0.15, 0.2) is 11.6 Å². The Bertz CT molecular complexity index is 397. The summed E-state index contributed by atoms with van der Waals surface area (Å²) in [6.45, 7) is 0. The van der Waals surface area contributed by atoms with Gasteiger partial charge in [-0.05, 0) is 12.1 Å². The molecule has 0 saturated heterocycles. The molecule has 1 aromatic carbocycles. The third-order valence-electron chi connectivity index (χ3n) is 1.85. The maximum absolute atomic E-state index is 13.0. The van der Waals surface area contributed by atoms with Gasteiger partial charge in [0.05, 0.1) is 7.11 Å². The molecule has 0 aliphatic rings. The minimum atomic E-state index is -1.26. The van der Waals surface area contributed by atoms with Crippen LogP contribution in [0.3, 0.4) is 0 Å². The van der Waals surface area contributed by atoms with E-state index in [9.17, 15) is 14.3 Å². The molecule has 0 amide bonds. The molecule has 1 rings (SSSR count). The average Bonchev–Trinajstić information content (AvgIpc) is 2.21. The number of aromatic hydroxyl groups is 1. The number of halogens is 2. The quantitative estimate of drug-likeness (QED) is 0.757. The van der Waals surface area contributed by atoms with Crippen molar-refractivity contribution in [2.45, 2.75) is 6.04 Å². The highest BCUT2D eigenvalue weighted by molar-refractivity contribution is 6.30. The number of hydrogen-bond acceptors (Lipinski definition) is 4. The van der Waals surface area contributed by atoms with Crippen LogP contribution >= 0.6 is 11.6 Å². The van der Waals surface area contributed by atoms with Gasteiger partial charge in [-0.1, -0.05) is 11.6 Å². The third-order valence-corrected chi connectivity index (χ3v) is 2.07. The number of benzene rings is 1. The topological polar surface area (TPSA) is 72.5 Å². The predicted octanol–water partition coefficient (Wildman–Crippen LogP) is 1.36. The maximum atomic E-state index is 13.0. The molecular formula is C9H9ClFNO3. The maximum Gasteiger partial charge on any atom is 0.327 e. The first kappa shape index (κ1) is 11.7. The van der Waals surface area contributed by atoms with E-state index in [2.05, 4.69) is 4.74 Å². The number of hydrogen-bond donors (Lipinski definition) is 2. The largest absolute Gasteiger partial charge is 0.505 e. The molecule has 0 unspecified atom stereocenters. The Hall–Kier alpha value is -1.33. The molecule has 3 N–H and O–H groups in total. The lowest BCUT2D eigenvalue weighted by Gasteiger charge is -2.12. The zero-order valence-electron chi connectivity index (χ0n) is 7.83. The van der Waals surface area contributed by atoms with Crippen molar-refractivity contribution in [3.05, 3.63) is 28.5 Å². The smallest absolute Gasteiger partial charge is 0.327 e. The van der Waals surface area contributed by atoms with E-state index in [1.807, 2.05) is 0 Å². The first-order chi connectivity index (χ1) is 6.97. The molecule has 0 bridgehead atoms. The second-order valence-electron chi connectivity index (χ2n) is 2.83. The van der Waals surface area contributed by atoms with E-state index in [0.29, 0.717) is 0 Å². The molecule has 15 heavy (non-hydrogen) atoms. The summed E-state index contributed by atoms with van der Waals surface area (Å²) in [4.78, 5) is 11.1. The van der Waals surface area contributed by atoms with E-state index < -0.39 is 23.6 Å². The van der Waals surface area contributed by atoms with Crippen LogP contribution in [0, 0.1) is 5.82 Å². The second-order valence-corrected chi connectivity index (χ2v) is 3.26. The number of nitrogens with two attached hydrogens (primary N) is 1. The first-order valence-electron chi connectivity index (χ1n) is 3.98. The van der Waals surface area contributed by atoms with Crippen LogP contribution in [-0.4, -0.2) is 18.2 Å². The minimum Gasteiger partial charge on any atom is -0.505 e. The summed E-state index contributed by atoms with van der Waals surface area (Å²) in [5.74, 6) is -2.42. The van der Waals surface area contributed by atoms with Gasteiger partial charge < -0.3 is 15.6 Å². The van der Waals surface area contributed by atoms with Gasteiger partial charge in [0, 0.05) is 10.6 Å². The predicted molar refractivity (Wildman–Crippen MR) is 52.0 cm³/mol. The highest BCUT2D eigenvalue weighted by atomic mass is 35.5. The molecule has 0 fully saturated rings. The summed E-state index contributed by atoms with van der Waals surface area (Å²) in [7, 11) is 1.14. The van der Waals surface area contributed by atoms with Gasteiger partial charge in [-0.25, -0.2) is 4.39 Å². The summed E-state index contributed by atoms with van der Waals surface area (Å²) in [5.41, 5.74) is 5.32. The molecule has 0 aliphatic heterocycles. The number of phenolic OH excluding ortho intramolecular Hbond substituents is 1. The van der Waals surface area contributed by atoms with Crippen LogP contribution in [0.15, 0.2) is 12.1 Å². The minimum absolute atomic E-state index is 0.0413. The Kier molecular flexibility index (Phi) is 3.49. The van der Waals surface area contributed by atoms with Crippen molar-refractivity contribution in [2.24, 2.45) is 5.73 Å². The van der Waals surface area contributed by atoms with Gasteiger partial charge in [-0.2, -0.15) is 0 Å². The summed E-state index contributed by atoms with van der Waals surface area (Å²) < 4.78 is 17.4. The molecule has 0 aromatic heterocycles. The van der Waals surface area contributed by atoms with Crippen LogP contribution in [0.25, 0.3) is 0 Å². The van der Waals surface area contributed by atoms with E-state index in [1.165, 1.54) is 6.07 Å². The molecule has 0 spiro atoms. The molecule has 0 radical (unpaired) electrons. The molecule has 6 heteroatoms. The van der Waals surface area contributed by atoms with Crippen molar-refractivity contribution < 1.29 is 19.0 Å². The number of rotatable bonds is 2. The zero-order valence-corrected chi connectivity index (χ0v) is 8.58. The lowest BCUT2D eigenvalue weighted by molar-refractivity contribution is -0.142.